The fraction of sp³-hybridized carbons (Fsp3) is 0.207. The summed E-state index contributed by atoms with van der Waals surface area (Å²) in [5, 5.41) is 2.76. The van der Waals surface area contributed by atoms with E-state index in [0.717, 1.165) is 28.8 Å². The number of rotatable bonds is 5. The van der Waals surface area contributed by atoms with Gasteiger partial charge in [-0.25, -0.2) is 8.42 Å². The molecule has 1 aliphatic rings. The van der Waals surface area contributed by atoms with Gasteiger partial charge in [0.1, 0.15) is 8.07 Å². The Kier molecular flexibility index (Phi) is 5.57. The van der Waals surface area contributed by atoms with Crippen LogP contribution in [0.15, 0.2) is 94.9 Å². The molecule has 0 bridgehead atoms. The highest BCUT2D eigenvalue weighted by Gasteiger charge is 2.33. The molecule has 0 atom stereocenters. The van der Waals surface area contributed by atoms with Crippen LogP contribution in [0.3, 0.4) is 0 Å². The van der Waals surface area contributed by atoms with Crippen LogP contribution in [0.4, 0.5) is 0 Å². The average Bonchev–Trinajstić information content (AvgIpc) is 3.06. The Morgan fingerprint density at radius 1 is 0.824 bits per heavy atom. The largest absolute Gasteiger partial charge is 0.256 e. The third-order valence-corrected chi connectivity index (χ3v) is 12.3. The van der Waals surface area contributed by atoms with E-state index in [1.54, 1.807) is 18.2 Å². The summed E-state index contributed by atoms with van der Waals surface area (Å²) >= 11 is 0. The molecule has 5 rings (SSSR count). The predicted molar refractivity (Wildman–Crippen MR) is 142 cm³/mol. The number of nitrogens with zero attached hydrogens (tertiary/aromatic N) is 1. The van der Waals surface area contributed by atoms with E-state index in [1.165, 1.54) is 15.9 Å². The standard InChI is InChI=1S/C29H29NO2SSi/c1-20(2)16-22-18-26(30-19-29(22)34(3,4)23-10-6-5-7-11-23)21-14-15-28-25(17-21)24-12-8-9-13-27(24)33(28,31)32/h5-15,17-20H,16H2,1-4H3. The van der Waals surface area contributed by atoms with Gasteiger partial charge in [0.2, 0.25) is 9.84 Å². The SMILES string of the molecule is CC(C)Cc1cc(-c2ccc3c(c2)-c2ccccc2S3(=O)=O)ncc1[Si](C)(C)c1ccccc1. The van der Waals surface area contributed by atoms with Crippen molar-refractivity contribution in [3.8, 4) is 22.4 Å². The van der Waals surface area contributed by atoms with Gasteiger partial charge >= 0.3 is 0 Å². The third-order valence-electron chi connectivity index (χ3n) is 6.82. The van der Waals surface area contributed by atoms with Crippen molar-refractivity contribution in [2.24, 2.45) is 5.92 Å². The van der Waals surface area contributed by atoms with Crippen molar-refractivity contribution in [2.75, 3.05) is 0 Å². The first-order valence-electron chi connectivity index (χ1n) is 11.7. The van der Waals surface area contributed by atoms with Crippen LogP contribution in [0.25, 0.3) is 22.4 Å². The molecule has 1 aliphatic heterocycles. The van der Waals surface area contributed by atoms with Crippen LogP contribution in [-0.2, 0) is 16.3 Å². The van der Waals surface area contributed by atoms with E-state index >= 15 is 0 Å². The number of hydrogen-bond acceptors (Lipinski definition) is 3. The van der Waals surface area contributed by atoms with Crippen LogP contribution in [0.1, 0.15) is 19.4 Å². The lowest BCUT2D eigenvalue weighted by Gasteiger charge is -2.27. The van der Waals surface area contributed by atoms with Gasteiger partial charge in [-0.3, -0.25) is 4.98 Å². The maximum Gasteiger partial charge on any atom is 0.207 e. The van der Waals surface area contributed by atoms with Crippen LogP contribution in [0, 0.1) is 5.92 Å². The fourth-order valence-corrected chi connectivity index (χ4v) is 9.38. The Hall–Kier alpha value is -3.02. The van der Waals surface area contributed by atoms with Crippen molar-refractivity contribution >= 4 is 28.3 Å². The first kappa shape index (κ1) is 22.8. The van der Waals surface area contributed by atoms with E-state index in [-0.39, 0.29) is 0 Å². The summed E-state index contributed by atoms with van der Waals surface area (Å²) in [7, 11) is -5.38. The molecule has 0 spiro atoms. The summed E-state index contributed by atoms with van der Waals surface area (Å²) in [5.41, 5.74) is 4.72. The zero-order valence-electron chi connectivity index (χ0n) is 20.0. The van der Waals surface area contributed by atoms with Gasteiger partial charge in [-0.1, -0.05) is 86.7 Å². The van der Waals surface area contributed by atoms with Gasteiger partial charge in [-0.05, 0) is 47.4 Å². The van der Waals surface area contributed by atoms with E-state index < -0.39 is 17.9 Å². The van der Waals surface area contributed by atoms with Gasteiger partial charge in [0.25, 0.3) is 0 Å². The van der Waals surface area contributed by atoms with Crippen LogP contribution in [0.5, 0.6) is 0 Å². The Morgan fingerprint density at radius 3 is 2.24 bits per heavy atom. The lowest BCUT2D eigenvalue weighted by molar-refractivity contribution is 0.598. The average molecular weight is 484 g/mol. The molecular formula is C29H29NO2SSi. The van der Waals surface area contributed by atoms with Gasteiger partial charge in [0.15, 0.2) is 0 Å². The van der Waals surface area contributed by atoms with Gasteiger partial charge in [0, 0.05) is 22.9 Å². The Morgan fingerprint density at radius 2 is 1.50 bits per heavy atom. The number of benzene rings is 3. The number of aromatic nitrogens is 1. The lowest BCUT2D eigenvalue weighted by atomic mass is 9.99. The van der Waals surface area contributed by atoms with Gasteiger partial charge < -0.3 is 0 Å². The van der Waals surface area contributed by atoms with E-state index in [2.05, 4.69) is 69.5 Å². The lowest BCUT2D eigenvalue weighted by Crippen LogP contribution is -2.54. The van der Waals surface area contributed by atoms with Crippen molar-refractivity contribution < 1.29 is 8.42 Å². The van der Waals surface area contributed by atoms with Crippen LogP contribution >= 0.6 is 0 Å². The molecule has 0 fully saturated rings. The smallest absolute Gasteiger partial charge is 0.207 e. The van der Waals surface area contributed by atoms with E-state index in [4.69, 9.17) is 4.98 Å². The summed E-state index contributed by atoms with van der Waals surface area (Å²) < 4.78 is 26.0. The van der Waals surface area contributed by atoms with E-state index in [0.29, 0.717) is 15.7 Å². The molecule has 3 aromatic carbocycles. The van der Waals surface area contributed by atoms with Crippen LogP contribution in [0.2, 0.25) is 13.1 Å². The minimum atomic E-state index is -3.46. The first-order chi connectivity index (χ1) is 16.2. The molecule has 4 aromatic rings. The number of fused-ring (bicyclic) bond motifs is 3. The van der Waals surface area contributed by atoms with Gasteiger partial charge in [-0.15, -0.1) is 0 Å². The molecule has 5 heteroatoms. The zero-order chi connectivity index (χ0) is 24.1. The molecule has 1 aromatic heterocycles. The molecule has 0 N–H and O–H groups in total. The Bertz CT molecular complexity index is 1490. The summed E-state index contributed by atoms with van der Waals surface area (Å²) in [6, 6.07) is 25.8. The molecule has 2 heterocycles. The first-order valence-corrected chi connectivity index (χ1v) is 16.2. The molecule has 0 saturated carbocycles. The van der Waals surface area contributed by atoms with E-state index in [9.17, 15) is 8.42 Å². The quantitative estimate of drug-likeness (QED) is 0.307. The predicted octanol–water partition coefficient (Wildman–Crippen LogP) is 5.58. The summed E-state index contributed by atoms with van der Waals surface area (Å²) in [6.45, 7) is 9.27. The number of sulfone groups is 1. The molecule has 0 unspecified atom stereocenters. The maximum absolute atomic E-state index is 13.0. The third kappa shape index (κ3) is 3.73. The van der Waals surface area contributed by atoms with Crippen molar-refractivity contribution in [2.45, 2.75) is 43.2 Å². The molecule has 0 saturated heterocycles. The van der Waals surface area contributed by atoms with Crippen LogP contribution in [-0.4, -0.2) is 21.5 Å². The minimum Gasteiger partial charge on any atom is -0.256 e. The summed E-state index contributed by atoms with van der Waals surface area (Å²) in [6.07, 6.45) is 3.06. The second-order valence-corrected chi connectivity index (χ2v) is 16.3. The van der Waals surface area contributed by atoms with Crippen molar-refractivity contribution in [3.63, 3.8) is 0 Å². The minimum absolute atomic E-state index is 0.383. The zero-order valence-corrected chi connectivity index (χ0v) is 21.9. The summed E-state index contributed by atoms with van der Waals surface area (Å²) in [5.74, 6) is 0.520. The van der Waals surface area contributed by atoms with E-state index in [1.807, 2.05) is 24.3 Å². The second kappa shape index (κ2) is 8.33. The number of pyridine rings is 1. The Labute approximate surface area is 203 Å². The molecule has 0 radical (unpaired) electrons. The molecule has 0 aliphatic carbocycles. The van der Waals surface area contributed by atoms with Crippen molar-refractivity contribution in [3.05, 3.63) is 90.6 Å². The highest BCUT2D eigenvalue weighted by atomic mass is 32.2. The monoisotopic (exact) mass is 483 g/mol. The molecular weight excluding hydrogens is 454 g/mol. The maximum atomic E-state index is 13.0. The van der Waals surface area contributed by atoms with Crippen molar-refractivity contribution in [1.82, 2.24) is 4.98 Å². The second-order valence-electron chi connectivity index (χ2n) is 10.0. The highest BCUT2D eigenvalue weighted by molar-refractivity contribution is 7.92. The molecule has 0 amide bonds. The topological polar surface area (TPSA) is 47.0 Å². The van der Waals surface area contributed by atoms with Gasteiger partial charge in [0.05, 0.1) is 15.5 Å². The number of hydrogen-bond donors (Lipinski definition) is 0. The van der Waals surface area contributed by atoms with Gasteiger partial charge in [-0.2, -0.15) is 0 Å². The van der Waals surface area contributed by atoms with Crippen LogP contribution < -0.4 is 10.4 Å². The fourth-order valence-electron chi connectivity index (χ4n) is 5.01. The summed E-state index contributed by atoms with van der Waals surface area (Å²) in [4.78, 5) is 5.69. The highest BCUT2D eigenvalue weighted by Crippen LogP contribution is 2.44. The molecule has 172 valence electrons. The Balaban J connectivity index is 1.63. The molecule has 34 heavy (non-hydrogen) atoms. The normalized spacial score (nSPS) is 14.1. The van der Waals surface area contributed by atoms with Crippen molar-refractivity contribution in [1.29, 1.82) is 0 Å². The molecule has 3 nitrogen and oxygen atoms in total.